The highest BCUT2D eigenvalue weighted by atomic mass is 35.5. The maximum Gasteiger partial charge on any atom is 0.306 e. The van der Waals surface area contributed by atoms with Crippen LogP contribution in [0.15, 0.2) is 60.7 Å². The first-order valence-corrected chi connectivity index (χ1v) is 9.61. The summed E-state index contributed by atoms with van der Waals surface area (Å²) < 4.78 is 6.89. The lowest BCUT2D eigenvalue weighted by Crippen LogP contribution is -2.05. The Balaban J connectivity index is 0.00000126. The topological polar surface area (TPSA) is 44.1 Å². The first-order valence-electron chi connectivity index (χ1n) is 9.23. The molecular weight excluding hydrogens is 360 g/mol. The number of halogens is 1. The Kier molecular flexibility index (Phi) is 8.08. The number of aromatic nitrogens is 2. The highest BCUT2D eigenvalue weighted by molar-refractivity contribution is 6.30. The molecule has 0 bridgehead atoms. The van der Waals surface area contributed by atoms with Crippen molar-refractivity contribution in [3.05, 3.63) is 71.4 Å². The number of esters is 1. The summed E-state index contributed by atoms with van der Waals surface area (Å²) in [6.45, 7) is 6.20. The number of nitrogens with zero attached hydrogens (tertiary/aromatic N) is 2. The number of benzene rings is 2. The number of rotatable bonds is 6. The highest BCUT2D eigenvalue weighted by Crippen LogP contribution is 2.26. The Labute approximate surface area is 165 Å². The summed E-state index contributed by atoms with van der Waals surface area (Å²) in [6, 6.07) is 19.6. The summed E-state index contributed by atoms with van der Waals surface area (Å²) in [5, 5.41) is 5.38. The molecular formula is C22H25ClN2O2. The van der Waals surface area contributed by atoms with Crippen molar-refractivity contribution in [1.29, 1.82) is 0 Å². The molecule has 0 radical (unpaired) electrons. The maximum absolute atomic E-state index is 11.6. The molecule has 4 nitrogen and oxygen atoms in total. The number of hydrogen-bond donors (Lipinski definition) is 0. The van der Waals surface area contributed by atoms with Crippen molar-refractivity contribution >= 4 is 17.6 Å². The van der Waals surface area contributed by atoms with Gasteiger partial charge in [0.15, 0.2) is 0 Å². The molecule has 0 aliphatic heterocycles. The molecule has 0 aliphatic rings. The molecule has 0 saturated carbocycles. The molecule has 0 unspecified atom stereocenters. The van der Waals surface area contributed by atoms with Crippen LogP contribution in [0.3, 0.4) is 0 Å². The second-order valence-electron chi connectivity index (χ2n) is 5.58. The molecule has 0 aliphatic carbocycles. The first-order chi connectivity index (χ1) is 13.2. The van der Waals surface area contributed by atoms with Gasteiger partial charge in [-0.2, -0.15) is 5.10 Å². The minimum Gasteiger partial charge on any atom is -0.466 e. The van der Waals surface area contributed by atoms with Crippen molar-refractivity contribution in [3.63, 3.8) is 0 Å². The van der Waals surface area contributed by atoms with Gasteiger partial charge in [-0.25, -0.2) is 4.68 Å². The molecule has 142 valence electrons. The molecule has 5 heteroatoms. The minimum absolute atomic E-state index is 0.204. The molecule has 0 N–H and O–H groups in total. The van der Waals surface area contributed by atoms with Gasteiger partial charge in [-0.05, 0) is 37.3 Å². The average Bonchev–Trinajstić information content (AvgIpc) is 3.14. The molecule has 1 heterocycles. The van der Waals surface area contributed by atoms with Gasteiger partial charge in [0.05, 0.1) is 30.1 Å². The highest BCUT2D eigenvalue weighted by Gasteiger charge is 2.13. The number of ether oxygens (including phenoxy) is 1. The SMILES string of the molecule is CC.CCOC(=O)CCc1cc(-c2ccc(Cl)cc2)n(-c2ccccc2)n1. The normalized spacial score (nSPS) is 10.1. The van der Waals surface area contributed by atoms with E-state index in [2.05, 4.69) is 5.10 Å². The van der Waals surface area contributed by atoms with Gasteiger partial charge in [0.1, 0.15) is 0 Å². The van der Waals surface area contributed by atoms with Crippen LogP contribution in [0.25, 0.3) is 16.9 Å². The van der Waals surface area contributed by atoms with Crippen LogP contribution in [0.4, 0.5) is 0 Å². The molecule has 0 amide bonds. The number of carbonyl (C=O) groups excluding carboxylic acids is 1. The van der Waals surface area contributed by atoms with Crippen LogP contribution in [-0.2, 0) is 16.0 Å². The summed E-state index contributed by atoms with van der Waals surface area (Å²) in [6.07, 6.45) is 0.860. The van der Waals surface area contributed by atoms with Crippen molar-refractivity contribution in [2.75, 3.05) is 6.61 Å². The standard InChI is InChI=1S/C20H19ClN2O2.C2H6/c1-2-25-20(24)13-12-17-14-19(15-8-10-16(21)11-9-15)23(22-17)18-6-4-3-5-7-18;1-2/h3-11,14H,2,12-13H2,1H3;1-2H3. The Morgan fingerprint density at radius 2 is 1.74 bits per heavy atom. The molecule has 3 aromatic rings. The third-order valence-corrected chi connectivity index (χ3v) is 4.04. The monoisotopic (exact) mass is 384 g/mol. The fourth-order valence-electron chi connectivity index (χ4n) is 2.61. The number of hydrogen-bond acceptors (Lipinski definition) is 3. The lowest BCUT2D eigenvalue weighted by Gasteiger charge is -2.07. The van der Waals surface area contributed by atoms with E-state index in [1.807, 2.05) is 79.2 Å². The summed E-state index contributed by atoms with van der Waals surface area (Å²) in [7, 11) is 0. The van der Waals surface area contributed by atoms with Gasteiger partial charge in [0, 0.05) is 17.0 Å². The molecule has 0 fully saturated rings. The fraction of sp³-hybridized carbons (Fsp3) is 0.273. The van der Waals surface area contributed by atoms with E-state index in [1.165, 1.54) is 0 Å². The Morgan fingerprint density at radius 3 is 2.37 bits per heavy atom. The van der Waals surface area contributed by atoms with E-state index >= 15 is 0 Å². The van der Waals surface area contributed by atoms with E-state index < -0.39 is 0 Å². The Morgan fingerprint density at radius 1 is 1.07 bits per heavy atom. The predicted octanol–water partition coefficient (Wildman–Crippen LogP) is 5.71. The number of para-hydroxylation sites is 1. The van der Waals surface area contributed by atoms with Gasteiger partial charge < -0.3 is 4.74 Å². The maximum atomic E-state index is 11.6. The minimum atomic E-state index is -0.204. The zero-order valence-corrected chi connectivity index (χ0v) is 16.7. The van der Waals surface area contributed by atoms with Crippen LogP contribution in [0.5, 0.6) is 0 Å². The second kappa shape index (κ2) is 10.5. The fourth-order valence-corrected chi connectivity index (χ4v) is 2.73. The van der Waals surface area contributed by atoms with Gasteiger partial charge in [0.25, 0.3) is 0 Å². The molecule has 0 saturated heterocycles. The Bertz CT molecular complexity index is 843. The smallest absolute Gasteiger partial charge is 0.306 e. The van der Waals surface area contributed by atoms with E-state index in [0.717, 1.165) is 22.6 Å². The van der Waals surface area contributed by atoms with Crippen LogP contribution in [-0.4, -0.2) is 22.4 Å². The van der Waals surface area contributed by atoms with E-state index in [0.29, 0.717) is 24.5 Å². The van der Waals surface area contributed by atoms with Gasteiger partial charge in [-0.3, -0.25) is 4.79 Å². The lowest BCUT2D eigenvalue weighted by molar-refractivity contribution is -0.143. The molecule has 27 heavy (non-hydrogen) atoms. The zero-order chi connectivity index (χ0) is 19.6. The average molecular weight is 385 g/mol. The third kappa shape index (κ3) is 5.69. The van der Waals surface area contributed by atoms with Gasteiger partial charge in [0.2, 0.25) is 0 Å². The van der Waals surface area contributed by atoms with E-state index in [-0.39, 0.29) is 5.97 Å². The van der Waals surface area contributed by atoms with Gasteiger partial charge >= 0.3 is 5.97 Å². The summed E-state index contributed by atoms with van der Waals surface area (Å²) in [5.74, 6) is -0.204. The molecule has 3 rings (SSSR count). The van der Waals surface area contributed by atoms with Crippen molar-refractivity contribution < 1.29 is 9.53 Å². The third-order valence-electron chi connectivity index (χ3n) is 3.79. The Hall–Kier alpha value is -2.59. The van der Waals surface area contributed by atoms with Crippen LogP contribution in [0.2, 0.25) is 5.02 Å². The van der Waals surface area contributed by atoms with Crippen molar-refractivity contribution in [2.24, 2.45) is 0 Å². The number of aryl methyl sites for hydroxylation is 1. The summed E-state index contributed by atoms with van der Waals surface area (Å²) >= 11 is 6.00. The van der Waals surface area contributed by atoms with Crippen LogP contribution >= 0.6 is 11.6 Å². The lowest BCUT2D eigenvalue weighted by atomic mass is 10.1. The van der Waals surface area contributed by atoms with Crippen LogP contribution in [0.1, 0.15) is 32.9 Å². The molecule has 0 atom stereocenters. The quantitative estimate of drug-likeness (QED) is 0.511. The van der Waals surface area contributed by atoms with E-state index in [4.69, 9.17) is 16.3 Å². The summed E-state index contributed by atoms with van der Waals surface area (Å²) in [4.78, 5) is 11.6. The van der Waals surface area contributed by atoms with Crippen molar-refractivity contribution in [3.8, 4) is 16.9 Å². The predicted molar refractivity (Wildman–Crippen MR) is 110 cm³/mol. The van der Waals surface area contributed by atoms with E-state index in [1.54, 1.807) is 6.92 Å². The number of carbonyl (C=O) groups is 1. The molecule has 1 aromatic heterocycles. The van der Waals surface area contributed by atoms with Crippen LogP contribution in [0, 0.1) is 0 Å². The molecule has 0 spiro atoms. The molecule has 2 aromatic carbocycles. The second-order valence-corrected chi connectivity index (χ2v) is 6.02. The van der Waals surface area contributed by atoms with E-state index in [9.17, 15) is 4.79 Å². The first kappa shape index (κ1) is 20.7. The van der Waals surface area contributed by atoms with Gasteiger partial charge in [-0.15, -0.1) is 0 Å². The van der Waals surface area contributed by atoms with Crippen LogP contribution < -0.4 is 0 Å². The largest absolute Gasteiger partial charge is 0.466 e. The zero-order valence-electron chi connectivity index (χ0n) is 16.0. The van der Waals surface area contributed by atoms with Crippen molar-refractivity contribution in [1.82, 2.24) is 9.78 Å². The van der Waals surface area contributed by atoms with Crippen molar-refractivity contribution in [2.45, 2.75) is 33.6 Å². The summed E-state index contributed by atoms with van der Waals surface area (Å²) in [5.41, 5.74) is 3.79. The van der Waals surface area contributed by atoms with Gasteiger partial charge in [-0.1, -0.05) is 55.8 Å².